The van der Waals surface area contributed by atoms with E-state index >= 15 is 0 Å². The van der Waals surface area contributed by atoms with Crippen molar-refractivity contribution < 1.29 is 19.2 Å². The van der Waals surface area contributed by atoms with E-state index in [4.69, 9.17) is 0 Å². The maximum atomic E-state index is 12.5. The number of amides is 5. The number of anilines is 1. The van der Waals surface area contributed by atoms with Gasteiger partial charge < -0.3 is 5.32 Å². The first kappa shape index (κ1) is 17.8. The van der Waals surface area contributed by atoms with Gasteiger partial charge in [0.15, 0.2) is 0 Å². The van der Waals surface area contributed by atoms with Gasteiger partial charge in [-0.2, -0.15) is 0 Å². The zero-order valence-corrected chi connectivity index (χ0v) is 15.7. The van der Waals surface area contributed by atoms with Crippen molar-refractivity contribution in [1.29, 1.82) is 0 Å². The van der Waals surface area contributed by atoms with E-state index in [1.165, 1.54) is 0 Å². The topological polar surface area (TPSA) is 86.8 Å². The molecule has 1 aromatic carbocycles. The van der Waals surface area contributed by atoms with Crippen molar-refractivity contribution in [3.8, 4) is 0 Å². The molecule has 0 unspecified atom stereocenters. The Kier molecular flexibility index (Phi) is 5.36. The number of nitrogens with zero attached hydrogens (tertiary/aromatic N) is 2. The molecule has 1 aromatic rings. The predicted octanol–water partition coefficient (Wildman–Crippen LogP) is 2.35. The first-order valence-corrected chi connectivity index (χ1v) is 9.29. The monoisotopic (exact) mass is 455 g/mol. The van der Waals surface area contributed by atoms with Crippen LogP contribution in [0.25, 0.3) is 0 Å². The Labute approximate surface area is 158 Å². The van der Waals surface area contributed by atoms with E-state index in [9.17, 15) is 19.2 Å². The smallest absolute Gasteiger partial charge is 0.325 e. The van der Waals surface area contributed by atoms with Crippen LogP contribution in [0.15, 0.2) is 24.3 Å². The van der Waals surface area contributed by atoms with Crippen molar-refractivity contribution in [2.75, 3.05) is 11.9 Å². The van der Waals surface area contributed by atoms with Gasteiger partial charge in [-0.05, 0) is 59.7 Å². The highest BCUT2D eigenvalue weighted by Gasteiger charge is 2.48. The summed E-state index contributed by atoms with van der Waals surface area (Å²) < 4.78 is 1.02. The van der Waals surface area contributed by atoms with E-state index in [2.05, 4.69) is 27.9 Å². The summed E-state index contributed by atoms with van der Waals surface area (Å²) in [7, 11) is 0. The molecule has 7 nitrogen and oxygen atoms in total. The average Bonchev–Trinajstić information content (AvgIpc) is 2.81. The molecule has 1 heterocycles. The lowest BCUT2D eigenvalue weighted by molar-refractivity contribution is -0.144. The molecule has 2 fully saturated rings. The molecule has 0 bridgehead atoms. The molecule has 5 amide bonds. The highest BCUT2D eigenvalue weighted by Crippen LogP contribution is 2.26. The van der Waals surface area contributed by atoms with E-state index in [0.717, 1.165) is 32.6 Å². The summed E-state index contributed by atoms with van der Waals surface area (Å²) in [6, 6.07) is 6.20. The van der Waals surface area contributed by atoms with Crippen molar-refractivity contribution in [2.45, 2.75) is 38.1 Å². The number of urea groups is 1. The van der Waals surface area contributed by atoms with Gasteiger partial charge in [0.2, 0.25) is 5.91 Å². The first-order valence-electron chi connectivity index (χ1n) is 8.22. The largest absolute Gasteiger partial charge is 0.334 e. The molecule has 0 radical (unpaired) electrons. The molecule has 8 heteroatoms. The van der Waals surface area contributed by atoms with Crippen molar-refractivity contribution in [3.63, 3.8) is 0 Å². The van der Waals surface area contributed by atoms with Gasteiger partial charge in [-0.1, -0.05) is 19.3 Å². The summed E-state index contributed by atoms with van der Waals surface area (Å²) >= 11 is 2.15. The molecule has 1 N–H and O–H groups in total. The molecule has 25 heavy (non-hydrogen) atoms. The van der Waals surface area contributed by atoms with Crippen LogP contribution < -0.4 is 5.32 Å². The summed E-state index contributed by atoms with van der Waals surface area (Å²) in [4.78, 5) is 50.7. The molecular formula is C17H18IN3O4. The Morgan fingerprint density at radius 3 is 2.32 bits per heavy atom. The number of benzene rings is 1. The van der Waals surface area contributed by atoms with E-state index in [0.29, 0.717) is 18.5 Å². The van der Waals surface area contributed by atoms with Crippen LogP contribution in [0.3, 0.4) is 0 Å². The molecule has 1 aliphatic heterocycles. The van der Waals surface area contributed by atoms with Crippen LogP contribution >= 0.6 is 22.6 Å². The fourth-order valence-corrected chi connectivity index (χ4v) is 3.56. The highest BCUT2D eigenvalue weighted by atomic mass is 127. The van der Waals surface area contributed by atoms with Gasteiger partial charge in [-0.15, -0.1) is 0 Å². The Hall–Kier alpha value is -1.97. The van der Waals surface area contributed by atoms with E-state index in [1.807, 2.05) is 12.1 Å². The third-order valence-electron chi connectivity index (χ3n) is 4.45. The van der Waals surface area contributed by atoms with Crippen LogP contribution in [0.2, 0.25) is 0 Å². The van der Waals surface area contributed by atoms with E-state index < -0.39 is 30.3 Å². The van der Waals surface area contributed by atoms with Crippen molar-refractivity contribution >= 4 is 52.0 Å². The first-order chi connectivity index (χ1) is 12.0. The summed E-state index contributed by atoms with van der Waals surface area (Å²) in [6.07, 6.45) is 4.37. The van der Waals surface area contributed by atoms with Gasteiger partial charge in [-0.25, -0.2) is 9.69 Å². The molecule has 2 aliphatic rings. The molecular weight excluding hydrogens is 437 g/mol. The number of halogens is 1. The Bertz CT molecular complexity index is 713. The Morgan fingerprint density at radius 2 is 1.68 bits per heavy atom. The van der Waals surface area contributed by atoms with Gasteiger partial charge in [0, 0.05) is 15.3 Å². The average molecular weight is 455 g/mol. The van der Waals surface area contributed by atoms with E-state index in [1.54, 1.807) is 12.1 Å². The van der Waals surface area contributed by atoms with Crippen molar-refractivity contribution in [3.05, 3.63) is 27.8 Å². The number of carbonyl (C=O) groups is 4. The molecule has 1 saturated carbocycles. The van der Waals surface area contributed by atoms with Gasteiger partial charge in [0.1, 0.15) is 6.54 Å². The summed E-state index contributed by atoms with van der Waals surface area (Å²) in [5.74, 6) is -2.26. The predicted molar refractivity (Wildman–Crippen MR) is 98.6 cm³/mol. The third-order valence-corrected chi connectivity index (χ3v) is 5.17. The number of rotatable bonds is 4. The Balaban J connectivity index is 1.66. The number of hydrogen-bond acceptors (Lipinski definition) is 4. The molecule has 1 saturated heterocycles. The zero-order valence-electron chi connectivity index (χ0n) is 13.5. The van der Waals surface area contributed by atoms with Crippen LogP contribution in [-0.2, 0) is 14.4 Å². The minimum atomic E-state index is -0.923. The maximum Gasteiger partial charge on any atom is 0.334 e. The van der Waals surface area contributed by atoms with Crippen LogP contribution in [0.4, 0.5) is 10.5 Å². The highest BCUT2D eigenvalue weighted by molar-refractivity contribution is 14.1. The molecule has 0 spiro atoms. The fourth-order valence-electron chi connectivity index (χ4n) is 3.20. The normalized spacial score (nSPS) is 18.8. The van der Waals surface area contributed by atoms with Crippen molar-refractivity contribution in [1.82, 2.24) is 9.80 Å². The minimum Gasteiger partial charge on any atom is -0.325 e. The summed E-state index contributed by atoms with van der Waals surface area (Å²) in [5.41, 5.74) is 0.569. The van der Waals surface area contributed by atoms with Gasteiger partial charge in [0.05, 0.1) is 0 Å². The molecule has 0 atom stereocenters. The lowest BCUT2D eigenvalue weighted by Crippen LogP contribution is -2.43. The van der Waals surface area contributed by atoms with Crippen LogP contribution in [0.1, 0.15) is 32.1 Å². The quantitative estimate of drug-likeness (QED) is 0.429. The second kappa shape index (κ2) is 7.51. The van der Waals surface area contributed by atoms with E-state index in [-0.39, 0.29) is 6.04 Å². The lowest BCUT2D eigenvalue weighted by Gasteiger charge is -2.28. The standard InChI is InChI=1S/C17H18IN3O4/c18-11-6-8-12(9-7-11)19-14(22)10-20-15(23)16(24)21(17(20)25)13-4-2-1-3-5-13/h6-9,13H,1-5,10H2,(H,19,22). The second-order valence-electron chi connectivity index (χ2n) is 6.20. The number of hydrogen-bond donors (Lipinski definition) is 1. The van der Waals surface area contributed by atoms with Gasteiger partial charge >= 0.3 is 17.8 Å². The molecule has 0 aromatic heterocycles. The van der Waals surface area contributed by atoms with Crippen LogP contribution in [0.5, 0.6) is 0 Å². The second-order valence-corrected chi connectivity index (χ2v) is 7.44. The molecule has 1 aliphatic carbocycles. The SMILES string of the molecule is O=C(CN1C(=O)C(=O)N(C2CCCCC2)C1=O)Nc1ccc(I)cc1. The summed E-state index contributed by atoms with van der Waals surface area (Å²) in [5, 5.41) is 2.63. The molecule has 132 valence electrons. The number of carbonyl (C=O) groups excluding carboxylic acids is 4. The number of nitrogens with one attached hydrogen (secondary N) is 1. The number of imide groups is 2. The fraction of sp³-hybridized carbons (Fsp3) is 0.412. The minimum absolute atomic E-state index is 0.234. The van der Waals surface area contributed by atoms with Crippen molar-refractivity contribution in [2.24, 2.45) is 0 Å². The third kappa shape index (κ3) is 3.83. The molecule has 3 rings (SSSR count). The van der Waals surface area contributed by atoms with Gasteiger partial charge in [-0.3, -0.25) is 19.3 Å². The maximum absolute atomic E-state index is 12.5. The van der Waals surface area contributed by atoms with Crippen LogP contribution in [-0.4, -0.2) is 46.1 Å². The van der Waals surface area contributed by atoms with Gasteiger partial charge in [0.25, 0.3) is 0 Å². The lowest BCUT2D eigenvalue weighted by atomic mass is 9.94. The zero-order chi connectivity index (χ0) is 18.0. The Morgan fingerprint density at radius 1 is 1.04 bits per heavy atom. The summed E-state index contributed by atoms with van der Waals surface area (Å²) in [6.45, 7) is -0.460. The van der Waals surface area contributed by atoms with Crippen LogP contribution in [0, 0.1) is 3.57 Å².